The molecular formula is C13H20N2O3. The Hall–Kier alpha value is -1.30. The largest absolute Gasteiger partial charge is 0.389 e. The molecule has 1 unspecified atom stereocenters. The van der Waals surface area contributed by atoms with Crippen LogP contribution in [-0.4, -0.2) is 31.0 Å². The number of nitrogens with one attached hydrogen (secondary N) is 1. The molecule has 0 heterocycles. The van der Waals surface area contributed by atoms with Crippen molar-refractivity contribution in [2.75, 3.05) is 19.8 Å². The summed E-state index contributed by atoms with van der Waals surface area (Å²) in [6.45, 7) is 4.19. The maximum absolute atomic E-state index is 10.2. The molecule has 0 spiro atoms. The van der Waals surface area contributed by atoms with Gasteiger partial charge in [0.15, 0.2) is 0 Å². The van der Waals surface area contributed by atoms with Crippen LogP contribution in [0.2, 0.25) is 0 Å². The lowest BCUT2D eigenvalue weighted by molar-refractivity contribution is 0.0372. The lowest BCUT2D eigenvalue weighted by Gasteiger charge is -2.12. The van der Waals surface area contributed by atoms with E-state index >= 15 is 0 Å². The van der Waals surface area contributed by atoms with Crippen LogP contribution >= 0.6 is 0 Å². The van der Waals surface area contributed by atoms with Crippen molar-refractivity contribution in [1.82, 2.24) is 5.32 Å². The molecule has 0 saturated carbocycles. The van der Waals surface area contributed by atoms with E-state index in [1.165, 1.54) is 0 Å². The number of nitroso groups, excluding NO2 is 1. The lowest BCUT2D eigenvalue weighted by atomic mass is 10.2. The first kappa shape index (κ1) is 14.8. The van der Waals surface area contributed by atoms with Crippen LogP contribution in [0.1, 0.15) is 18.9 Å². The molecule has 2 N–H and O–H groups in total. The third-order valence-corrected chi connectivity index (χ3v) is 2.41. The normalized spacial score (nSPS) is 12.3. The Balaban J connectivity index is 2.18. The van der Waals surface area contributed by atoms with Crippen molar-refractivity contribution < 1.29 is 9.84 Å². The van der Waals surface area contributed by atoms with Crippen molar-refractivity contribution in [1.29, 1.82) is 0 Å². The molecule has 0 radical (unpaired) electrons. The zero-order valence-electron chi connectivity index (χ0n) is 10.6. The summed E-state index contributed by atoms with van der Waals surface area (Å²) in [5.74, 6) is 0. The van der Waals surface area contributed by atoms with Gasteiger partial charge in [-0.05, 0) is 29.3 Å². The van der Waals surface area contributed by atoms with Gasteiger partial charge in [-0.25, -0.2) is 0 Å². The first-order chi connectivity index (χ1) is 8.76. The number of benzene rings is 1. The summed E-state index contributed by atoms with van der Waals surface area (Å²) in [6, 6.07) is 7.02. The van der Waals surface area contributed by atoms with Gasteiger partial charge in [0.1, 0.15) is 5.69 Å². The van der Waals surface area contributed by atoms with Crippen LogP contribution in [0.25, 0.3) is 0 Å². The number of aliphatic hydroxyl groups is 1. The number of nitrogens with zero attached hydrogens (tertiary/aromatic N) is 1. The average molecular weight is 252 g/mol. The Morgan fingerprint density at radius 2 is 2.11 bits per heavy atom. The van der Waals surface area contributed by atoms with Gasteiger partial charge in [-0.2, -0.15) is 0 Å². The maximum atomic E-state index is 10.2. The quantitative estimate of drug-likeness (QED) is 0.520. The van der Waals surface area contributed by atoms with Gasteiger partial charge < -0.3 is 15.2 Å². The molecule has 0 saturated heterocycles. The second kappa shape index (κ2) is 8.74. The fourth-order valence-corrected chi connectivity index (χ4v) is 1.48. The maximum Gasteiger partial charge on any atom is 0.108 e. The molecule has 1 atom stereocenters. The highest BCUT2D eigenvalue weighted by molar-refractivity contribution is 5.38. The van der Waals surface area contributed by atoms with E-state index in [-0.39, 0.29) is 0 Å². The smallest absolute Gasteiger partial charge is 0.108 e. The van der Waals surface area contributed by atoms with E-state index in [0.29, 0.717) is 32.0 Å². The van der Waals surface area contributed by atoms with Crippen LogP contribution in [0.15, 0.2) is 29.4 Å². The topological polar surface area (TPSA) is 70.9 Å². The number of rotatable bonds is 9. The molecule has 0 aliphatic heterocycles. The van der Waals surface area contributed by atoms with E-state index in [2.05, 4.69) is 10.5 Å². The minimum Gasteiger partial charge on any atom is -0.389 e. The molecule has 5 heteroatoms. The summed E-state index contributed by atoms with van der Waals surface area (Å²) >= 11 is 0. The zero-order valence-corrected chi connectivity index (χ0v) is 10.6. The van der Waals surface area contributed by atoms with Crippen molar-refractivity contribution in [2.24, 2.45) is 5.18 Å². The molecule has 0 amide bonds. The fourth-order valence-electron chi connectivity index (χ4n) is 1.48. The molecule has 100 valence electrons. The third kappa shape index (κ3) is 5.86. The van der Waals surface area contributed by atoms with Crippen LogP contribution in [0, 0.1) is 4.91 Å². The molecule has 1 aromatic rings. The monoisotopic (exact) mass is 252 g/mol. The van der Waals surface area contributed by atoms with Crippen LogP contribution < -0.4 is 5.32 Å². The van der Waals surface area contributed by atoms with Crippen LogP contribution in [0.5, 0.6) is 0 Å². The first-order valence-corrected chi connectivity index (χ1v) is 6.15. The molecule has 0 aromatic heterocycles. The number of ether oxygens (including phenoxy) is 1. The second-order valence-electron chi connectivity index (χ2n) is 4.12. The highest BCUT2D eigenvalue weighted by atomic mass is 16.5. The van der Waals surface area contributed by atoms with Gasteiger partial charge in [-0.15, -0.1) is 4.91 Å². The zero-order chi connectivity index (χ0) is 13.2. The van der Waals surface area contributed by atoms with Crippen LogP contribution in [0.3, 0.4) is 0 Å². The summed E-state index contributed by atoms with van der Waals surface area (Å²) in [7, 11) is 0. The number of hydrogen-bond acceptors (Lipinski definition) is 5. The SMILES string of the molecule is CCCOCC(O)CNCc1ccc(N=O)cc1. The summed E-state index contributed by atoms with van der Waals surface area (Å²) in [5, 5.41) is 15.6. The Bertz CT molecular complexity index is 341. The highest BCUT2D eigenvalue weighted by Gasteiger charge is 2.03. The third-order valence-electron chi connectivity index (χ3n) is 2.41. The van der Waals surface area contributed by atoms with E-state index in [1.54, 1.807) is 12.1 Å². The van der Waals surface area contributed by atoms with Gasteiger partial charge in [0, 0.05) is 19.7 Å². The number of hydrogen-bond donors (Lipinski definition) is 2. The van der Waals surface area contributed by atoms with Gasteiger partial charge in [0.2, 0.25) is 0 Å². The predicted octanol–water partition coefficient (Wildman–Crippen LogP) is 1.96. The van der Waals surface area contributed by atoms with Crippen molar-refractivity contribution in [3.63, 3.8) is 0 Å². The molecule has 0 aliphatic rings. The van der Waals surface area contributed by atoms with Gasteiger partial charge in [-0.1, -0.05) is 19.1 Å². The Morgan fingerprint density at radius 3 is 2.72 bits per heavy atom. The van der Waals surface area contributed by atoms with E-state index in [0.717, 1.165) is 12.0 Å². The van der Waals surface area contributed by atoms with Crippen molar-refractivity contribution in [2.45, 2.75) is 26.0 Å². The lowest BCUT2D eigenvalue weighted by Crippen LogP contribution is -2.30. The van der Waals surface area contributed by atoms with Gasteiger partial charge >= 0.3 is 0 Å². The van der Waals surface area contributed by atoms with E-state index < -0.39 is 6.10 Å². The van der Waals surface area contributed by atoms with Gasteiger partial charge in [0.25, 0.3) is 0 Å². The van der Waals surface area contributed by atoms with Crippen molar-refractivity contribution in [3.8, 4) is 0 Å². The molecule has 18 heavy (non-hydrogen) atoms. The molecular weight excluding hydrogens is 232 g/mol. The average Bonchev–Trinajstić information content (AvgIpc) is 2.40. The Labute approximate surface area is 107 Å². The predicted molar refractivity (Wildman–Crippen MR) is 70.7 cm³/mol. The Kier molecular flexibility index (Phi) is 7.17. The minimum atomic E-state index is -0.493. The molecule has 1 rings (SSSR count). The van der Waals surface area contributed by atoms with Crippen LogP contribution in [-0.2, 0) is 11.3 Å². The van der Waals surface area contributed by atoms with Crippen molar-refractivity contribution in [3.05, 3.63) is 34.7 Å². The Morgan fingerprint density at radius 1 is 1.39 bits per heavy atom. The van der Waals surface area contributed by atoms with E-state index in [9.17, 15) is 10.0 Å². The summed E-state index contributed by atoms with van der Waals surface area (Å²) in [4.78, 5) is 10.2. The fraction of sp³-hybridized carbons (Fsp3) is 0.538. The first-order valence-electron chi connectivity index (χ1n) is 6.15. The molecule has 0 aliphatic carbocycles. The molecule has 0 bridgehead atoms. The summed E-state index contributed by atoms with van der Waals surface area (Å²) in [5.41, 5.74) is 1.47. The molecule has 0 fully saturated rings. The van der Waals surface area contributed by atoms with E-state index in [1.807, 2.05) is 19.1 Å². The van der Waals surface area contributed by atoms with E-state index in [4.69, 9.17) is 4.74 Å². The summed E-state index contributed by atoms with van der Waals surface area (Å²) < 4.78 is 5.24. The summed E-state index contributed by atoms with van der Waals surface area (Å²) in [6.07, 6.45) is 0.463. The second-order valence-corrected chi connectivity index (χ2v) is 4.12. The van der Waals surface area contributed by atoms with Gasteiger partial charge in [-0.3, -0.25) is 0 Å². The minimum absolute atomic E-state index is 0.356. The standard InChI is InChI=1S/C13H20N2O3/c1-2-7-18-10-13(16)9-14-8-11-3-5-12(15-17)6-4-11/h3-6,13-14,16H,2,7-10H2,1H3. The highest BCUT2D eigenvalue weighted by Crippen LogP contribution is 2.11. The molecule has 1 aromatic carbocycles. The van der Waals surface area contributed by atoms with Gasteiger partial charge in [0.05, 0.1) is 12.7 Å². The van der Waals surface area contributed by atoms with Crippen LogP contribution in [0.4, 0.5) is 5.69 Å². The van der Waals surface area contributed by atoms with Crippen molar-refractivity contribution >= 4 is 5.69 Å². The molecule has 5 nitrogen and oxygen atoms in total. The number of aliphatic hydroxyl groups excluding tert-OH is 1.